The van der Waals surface area contributed by atoms with Gasteiger partial charge < -0.3 is 25.2 Å². The van der Waals surface area contributed by atoms with Crippen molar-refractivity contribution in [3.63, 3.8) is 0 Å². The molecule has 0 aliphatic carbocycles. The average Bonchev–Trinajstić information content (AvgIpc) is 2.80. The lowest BCUT2D eigenvalue weighted by atomic mass is 10.1. The van der Waals surface area contributed by atoms with E-state index in [9.17, 15) is 5.11 Å². The highest BCUT2D eigenvalue weighted by atomic mass is 127. The van der Waals surface area contributed by atoms with Gasteiger partial charge in [0.05, 0.1) is 32.4 Å². The topological polar surface area (TPSA) is 88.0 Å². The van der Waals surface area contributed by atoms with E-state index in [2.05, 4.69) is 20.6 Å². The third-order valence-corrected chi connectivity index (χ3v) is 4.75. The lowest BCUT2D eigenvalue weighted by Crippen LogP contribution is -2.39. The van der Waals surface area contributed by atoms with Gasteiger partial charge in [-0.05, 0) is 42.8 Å². The molecule has 3 N–H and O–H groups in total. The van der Waals surface area contributed by atoms with Crippen LogP contribution >= 0.6 is 24.0 Å². The monoisotopic (exact) mass is 536 g/mol. The Kier molecular flexibility index (Phi) is 9.80. The highest BCUT2D eigenvalue weighted by Gasteiger charge is 2.15. The van der Waals surface area contributed by atoms with Gasteiger partial charge in [-0.2, -0.15) is 0 Å². The minimum atomic E-state index is -0.791. The largest absolute Gasteiger partial charge is 0.497 e. The average molecular weight is 536 g/mol. The van der Waals surface area contributed by atoms with Crippen molar-refractivity contribution in [2.75, 3.05) is 27.3 Å². The molecule has 1 aromatic heterocycles. The van der Waals surface area contributed by atoms with Crippen LogP contribution in [0, 0.1) is 0 Å². The third-order valence-electron chi connectivity index (χ3n) is 4.75. The van der Waals surface area contributed by atoms with Crippen molar-refractivity contribution < 1.29 is 14.6 Å². The van der Waals surface area contributed by atoms with Gasteiger partial charge in [-0.15, -0.1) is 24.0 Å². The SMILES string of the molecule is CCNC(=NCc1ccnc2ccccc12)NCC(O)c1cc(OC)ccc1OC.I. The Morgan fingerprint density at radius 2 is 1.90 bits per heavy atom. The van der Waals surface area contributed by atoms with Crippen LogP contribution in [0.3, 0.4) is 0 Å². The molecular weight excluding hydrogens is 507 g/mol. The smallest absolute Gasteiger partial charge is 0.191 e. The zero-order valence-electron chi connectivity index (χ0n) is 18.0. The number of hydrogen-bond donors (Lipinski definition) is 3. The number of rotatable bonds is 8. The summed E-state index contributed by atoms with van der Waals surface area (Å²) in [7, 11) is 3.17. The van der Waals surface area contributed by atoms with E-state index >= 15 is 0 Å². The molecule has 0 aliphatic heterocycles. The van der Waals surface area contributed by atoms with Crippen LogP contribution in [0.4, 0.5) is 0 Å². The number of nitrogens with zero attached hydrogens (tertiary/aromatic N) is 2. The van der Waals surface area contributed by atoms with Gasteiger partial charge in [0.2, 0.25) is 0 Å². The first-order valence-corrected chi connectivity index (χ1v) is 9.91. The molecule has 1 atom stereocenters. The van der Waals surface area contributed by atoms with E-state index in [1.807, 2.05) is 37.3 Å². The summed E-state index contributed by atoms with van der Waals surface area (Å²) >= 11 is 0. The molecule has 0 aliphatic rings. The minimum Gasteiger partial charge on any atom is -0.497 e. The first kappa shape index (κ1) is 24.7. The van der Waals surface area contributed by atoms with Crippen LogP contribution in [0.2, 0.25) is 0 Å². The number of ether oxygens (including phenoxy) is 2. The van der Waals surface area contributed by atoms with Crippen molar-refractivity contribution in [3.8, 4) is 11.5 Å². The highest BCUT2D eigenvalue weighted by Crippen LogP contribution is 2.29. The Hall–Kier alpha value is -2.59. The lowest BCUT2D eigenvalue weighted by Gasteiger charge is -2.18. The van der Waals surface area contributed by atoms with Crippen molar-refractivity contribution in [1.82, 2.24) is 15.6 Å². The molecule has 0 bridgehead atoms. The van der Waals surface area contributed by atoms with Gasteiger partial charge in [0, 0.05) is 30.2 Å². The van der Waals surface area contributed by atoms with Gasteiger partial charge in [0.15, 0.2) is 5.96 Å². The van der Waals surface area contributed by atoms with E-state index in [0.29, 0.717) is 36.1 Å². The number of aliphatic hydroxyl groups is 1. The molecule has 0 saturated heterocycles. The van der Waals surface area contributed by atoms with Crippen LogP contribution in [0.1, 0.15) is 24.2 Å². The first-order valence-electron chi connectivity index (χ1n) is 9.91. The molecule has 0 radical (unpaired) electrons. The molecule has 1 unspecified atom stereocenters. The maximum atomic E-state index is 10.7. The predicted octanol–water partition coefficient (Wildman–Crippen LogP) is 3.66. The Balaban J connectivity index is 0.00000341. The van der Waals surface area contributed by atoms with Crippen LogP contribution in [0.15, 0.2) is 59.7 Å². The number of fused-ring (bicyclic) bond motifs is 1. The maximum absolute atomic E-state index is 10.7. The molecule has 0 fully saturated rings. The van der Waals surface area contributed by atoms with E-state index in [-0.39, 0.29) is 30.5 Å². The quantitative estimate of drug-likeness (QED) is 0.232. The third kappa shape index (κ3) is 6.44. The van der Waals surface area contributed by atoms with Crippen LogP contribution in [0.5, 0.6) is 11.5 Å². The number of hydrogen-bond acceptors (Lipinski definition) is 5. The van der Waals surface area contributed by atoms with E-state index in [1.54, 1.807) is 38.6 Å². The van der Waals surface area contributed by atoms with Gasteiger partial charge in [0.25, 0.3) is 0 Å². The first-order chi connectivity index (χ1) is 14.7. The summed E-state index contributed by atoms with van der Waals surface area (Å²) < 4.78 is 10.6. The second-order valence-corrected chi connectivity index (χ2v) is 6.69. The highest BCUT2D eigenvalue weighted by molar-refractivity contribution is 14.0. The molecule has 0 spiro atoms. The van der Waals surface area contributed by atoms with E-state index in [1.165, 1.54) is 0 Å². The number of benzene rings is 2. The zero-order chi connectivity index (χ0) is 21.3. The maximum Gasteiger partial charge on any atom is 0.191 e. The Morgan fingerprint density at radius 1 is 1.10 bits per heavy atom. The van der Waals surface area contributed by atoms with Gasteiger partial charge >= 0.3 is 0 Å². The van der Waals surface area contributed by atoms with Crippen LogP contribution < -0.4 is 20.1 Å². The molecule has 0 saturated carbocycles. The number of pyridine rings is 1. The van der Waals surface area contributed by atoms with Gasteiger partial charge in [-0.25, -0.2) is 4.99 Å². The Labute approximate surface area is 199 Å². The fourth-order valence-corrected chi connectivity index (χ4v) is 3.20. The normalized spacial score (nSPS) is 12.1. The minimum absolute atomic E-state index is 0. The van der Waals surface area contributed by atoms with Crippen molar-refractivity contribution in [3.05, 3.63) is 65.9 Å². The fourth-order valence-electron chi connectivity index (χ4n) is 3.20. The summed E-state index contributed by atoms with van der Waals surface area (Å²) in [6.07, 6.45) is 1.01. The molecule has 31 heavy (non-hydrogen) atoms. The number of aliphatic hydroxyl groups excluding tert-OH is 1. The summed E-state index contributed by atoms with van der Waals surface area (Å²) in [5.41, 5.74) is 2.69. The van der Waals surface area contributed by atoms with Crippen LogP contribution in [0.25, 0.3) is 10.9 Å². The molecule has 0 amide bonds. The van der Waals surface area contributed by atoms with Crippen molar-refractivity contribution in [2.45, 2.75) is 19.6 Å². The molecule has 166 valence electrons. The van der Waals surface area contributed by atoms with E-state index in [0.717, 1.165) is 16.5 Å². The number of aromatic nitrogens is 1. The summed E-state index contributed by atoms with van der Waals surface area (Å²) in [6, 6.07) is 15.3. The van der Waals surface area contributed by atoms with Crippen LogP contribution in [-0.4, -0.2) is 43.4 Å². The summed E-state index contributed by atoms with van der Waals surface area (Å²) in [4.78, 5) is 9.07. The van der Waals surface area contributed by atoms with Gasteiger partial charge in [0.1, 0.15) is 11.5 Å². The summed E-state index contributed by atoms with van der Waals surface area (Å²) in [6.45, 7) is 3.48. The molecule has 7 nitrogen and oxygen atoms in total. The van der Waals surface area contributed by atoms with Gasteiger partial charge in [-0.3, -0.25) is 4.98 Å². The number of halogens is 1. The van der Waals surface area contributed by atoms with Crippen molar-refractivity contribution >= 4 is 40.8 Å². The number of guanidine groups is 1. The molecule has 3 rings (SSSR count). The second-order valence-electron chi connectivity index (χ2n) is 6.69. The zero-order valence-corrected chi connectivity index (χ0v) is 20.3. The fraction of sp³-hybridized carbons (Fsp3) is 0.304. The standard InChI is InChI=1S/C23H28N4O3.HI/c1-4-24-23(26-14-16-11-12-25-20-8-6-5-7-18(16)20)27-15-21(28)19-13-17(29-2)9-10-22(19)30-3;/h5-13,21,28H,4,14-15H2,1-3H3,(H2,24,26,27);1H. The number of para-hydroxylation sites is 1. The number of nitrogens with one attached hydrogen (secondary N) is 2. The summed E-state index contributed by atoms with van der Waals surface area (Å²) in [5, 5.41) is 18.2. The Bertz CT molecular complexity index is 1010. The number of methoxy groups -OCH3 is 2. The van der Waals surface area contributed by atoms with E-state index < -0.39 is 6.10 Å². The molecule has 2 aromatic carbocycles. The second kappa shape index (κ2) is 12.3. The van der Waals surface area contributed by atoms with Gasteiger partial charge in [-0.1, -0.05) is 18.2 Å². The summed E-state index contributed by atoms with van der Waals surface area (Å²) in [5.74, 6) is 1.89. The molecule has 1 heterocycles. The Morgan fingerprint density at radius 3 is 2.65 bits per heavy atom. The molecule has 3 aromatic rings. The molecule has 8 heteroatoms. The molecular formula is C23H29IN4O3. The van der Waals surface area contributed by atoms with E-state index in [4.69, 9.17) is 9.47 Å². The van der Waals surface area contributed by atoms with Crippen molar-refractivity contribution in [1.29, 1.82) is 0 Å². The lowest BCUT2D eigenvalue weighted by molar-refractivity contribution is 0.176. The van der Waals surface area contributed by atoms with Crippen LogP contribution in [-0.2, 0) is 6.54 Å². The predicted molar refractivity (Wildman–Crippen MR) is 134 cm³/mol. The number of aliphatic imine (C=N–C) groups is 1. The van der Waals surface area contributed by atoms with Crippen molar-refractivity contribution in [2.24, 2.45) is 4.99 Å².